The number of piperidine rings is 1. The Bertz CT molecular complexity index is 755. The summed E-state index contributed by atoms with van der Waals surface area (Å²) in [6.45, 7) is 8.05. The van der Waals surface area contributed by atoms with Crippen molar-refractivity contribution < 1.29 is 9.47 Å². The molecule has 1 aliphatic heterocycles. The zero-order valence-corrected chi connectivity index (χ0v) is 15.4. The van der Waals surface area contributed by atoms with Gasteiger partial charge in [0.05, 0.1) is 7.11 Å². The summed E-state index contributed by atoms with van der Waals surface area (Å²) in [6.07, 6.45) is 2.29. The Kier molecular flexibility index (Phi) is 4.97. The number of rotatable bonds is 4. The van der Waals surface area contributed by atoms with Gasteiger partial charge >= 0.3 is 0 Å². The molecule has 0 aliphatic carbocycles. The van der Waals surface area contributed by atoms with Crippen LogP contribution in [-0.2, 0) is 0 Å². The second kappa shape index (κ2) is 7.17. The third-order valence-electron chi connectivity index (χ3n) is 4.61. The van der Waals surface area contributed by atoms with Gasteiger partial charge in [-0.1, -0.05) is 13.0 Å². The van der Waals surface area contributed by atoms with Crippen molar-refractivity contribution in [2.75, 3.05) is 30.8 Å². The Morgan fingerprint density at radius 2 is 1.84 bits per heavy atom. The summed E-state index contributed by atoms with van der Waals surface area (Å²) >= 11 is 0. The van der Waals surface area contributed by atoms with Gasteiger partial charge in [0.25, 0.3) is 0 Å². The summed E-state index contributed by atoms with van der Waals surface area (Å²) in [6, 6.07) is 5.76. The lowest BCUT2D eigenvalue weighted by molar-refractivity contribution is 0.373. The van der Waals surface area contributed by atoms with Crippen LogP contribution >= 0.6 is 0 Å². The van der Waals surface area contributed by atoms with Crippen LogP contribution in [0.5, 0.6) is 17.4 Å². The monoisotopic (exact) mass is 342 g/mol. The molecule has 1 fully saturated rings. The number of nitrogens with zero attached hydrogens (tertiary/aromatic N) is 3. The van der Waals surface area contributed by atoms with Crippen LogP contribution in [0.3, 0.4) is 0 Å². The van der Waals surface area contributed by atoms with Crippen LogP contribution in [0.25, 0.3) is 0 Å². The molecule has 0 unspecified atom stereocenters. The van der Waals surface area contributed by atoms with Gasteiger partial charge in [-0.25, -0.2) is 4.98 Å². The number of methoxy groups -OCH3 is 1. The molecule has 0 saturated carbocycles. The number of hydrogen-bond donors (Lipinski definition) is 1. The molecule has 0 bridgehead atoms. The van der Waals surface area contributed by atoms with Crippen LogP contribution in [0.15, 0.2) is 18.2 Å². The van der Waals surface area contributed by atoms with Crippen molar-refractivity contribution >= 4 is 11.5 Å². The first-order valence-corrected chi connectivity index (χ1v) is 8.69. The van der Waals surface area contributed by atoms with Crippen molar-refractivity contribution in [3.63, 3.8) is 0 Å². The molecule has 0 radical (unpaired) electrons. The standard InChI is InChI=1S/C19H26N4O2/c1-12-7-9-23(10-8-12)18-17(20)19(22-14(3)21-18)25-15-6-5-13(2)11-16(15)24-4/h5-6,11-12H,7-10,20H2,1-4H3. The molecule has 6 heteroatoms. The molecule has 2 N–H and O–H groups in total. The highest BCUT2D eigenvalue weighted by Gasteiger charge is 2.22. The third kappa shape index (κ3) is 3.78. The number of nitrogens with two attached hydrogens (primary N) is 1. The zero-order valence-electron chi connectivity index (χ0n) is 15.4. The number of ether oxygens (including phenoxy) is 2. The van der Waals surface area contributed by atoms with E-state index in [4.69, 9.17) is 15.2 Å². The minimum absolute atomic E-state index is 0.378. The average molecular weight is 342 g/mol. The first-order valence-electron chi connectivity index (χ1n) is 8.69. The molecule has 6 nitrogen and oxygen atoms in total. The number of anilines is 2. The maximum atomic E-state index is 6.35. The van der Waals surface area contributed by atoms with E-state index in [1.54, 1.807) is 7.11 Å². The molecule has 2 aromatic rings. The van der Waals surface area contributed by atoms with Crippen LogP contribution in [0.1, 0.15) is 31.2 Å². The van der Waals surface area contributed by atoms with Gasteiger partial charge in [-0.2, -0.15) is 4.98 Å². The second-order valence-corrected chi connectivity index (χ2v) is 6.74. The van der Waals surface area contributed by atoms with Crippen molar-refractivity contribution in [2.45, 2.75) is 33.6 Å². The molecule has 134 valence electrons. The predicted molar refractivity (Wildman–Crippen MR) is 99.6 cm³/mol. The van der Waals surface area contributed by atoms with Crippen LogP contribution < -0.4 is 20.1 Å². The number of nitrogen functional groups attached to an aromatic ring is 1. The molecular weight excluding hydrogens is 316 g/mol. The molecule has 2 heterocycles. The van der Waals surface area contributed by atoms with E-state index in [0.29, 0.717) is 28.9 Å². The number of aryl methyl sites for hydroxylation is 2. The van der Waals surface area contributed by atoms with Crippen molar-refractivity contribution in [3.05, 3.63) is 29.6 Å². The highest BCUT2D eigenvalue weighted by atomic mass is 16.5. The van der Waals surface area contributed by atoms with Crippen LogP contribution in [0.2, 0.25) is 0 Å². The van der Waals surface area contributed by atoms with Crippen molar-refractivity contribution in [1.29, 1.82) is 0 Å². The van der Waals surface area contributed by atoms with Gasteiger partial charge in [-0.3, -0.25) is 0 Å². The largest absolute Gasteiger partial charge is 0.493 e. The fourth-order valence-electron chi connectivity index (χ4n) is 3.04. The number of benzene rings is 1. The minimum atomic E-state index is 0.378. The molecule has 0 atom stereocenters. The van der Waals surface area contributed by atoms with E-state index >= 15 is 0 Å². The zero-order chi connectivity index (χ0) is 18.0. The van der Waals surface area contributed by atoms with Crippen LogP contribution in [0, 0.1) is 19.8 Å². The Morgan fingerprint density at radius 3 is 2.52 bits per heavy atom. The number of hydrogen-bond acceptors (Lipinski definition) is 6. The average Bonchev–Trinajstić information content (AvgIpc) is 2.60. The predicted octanol–water partition coefficient (Wildman–Crippen LogP) is 3.71. The van der Waals surface area contributed by atoms with Crippen molar-refractivity contribution in [2.24, 2.45) is 5.92 Å². The third-order valence-corrected chi connectivity index (χ3v) is 4.61. The van der Waals surface area contributed by atoms with E-state index in [9.17, 15) is 0 Å². The first kappa shape index (κ1) is 17.3. The van der Waals surface area contributed by atoms with Gasteiger partial charge in [-0.15, -0.1) is 0 Å². The summed E-state index contributed by atoms with van der Waals surface area (Å²) in [5.74, 6) is 3.78. The van der Waals surface area contributed by atoms with Gasteiger partial charge in [0.1, 0.15) is 11.5 Å². The molecule has 0 amide bonds. The number of aromatic nitrogens is 2. The van der Waals surface area contributed by atoms with E-state index in [1.807, 2.05) is 32.0 Å². The topological polar surface area (TPSA) is 73.5 Å². The van der Waals surface area contributed by atoms with Gasteiger partial charge in [0.15, 0.2) is 17.3 Å². The van der Waals surface area contributed by atoms with E-state index in [2.05, 4.69) is 21.8 Å². The molecule has 1 aromatic heterocycles. The lowest BCUT2D eigenvalue weighted by atomic mass is 9.99. The molecular formula is C19H26N4O2. The Hall–Kier alpha value is -2.50. The summed E-state index contributed by atoms with van der Waals surface area (Å²) in [5.41, 5.74) is 7.93. The fourth-order valence-corrected chi connectivity index (χ4v) is 3.04. The Labute approximate surface area is 149 Å². The maximum Gasteiger partial charge on any atom is 0.248 e. The van der Waals surface area contributed by atoms with E-state index in [1.165, 1.54) is 0 Å². The smallest absolute Gasteiger partial charge is 0.248 e. The van der Waals surface area contributed by atoms with E-state index < -0.39 is 0 Å². The van der Waals surface area contributed by atoms with Gasteiger partial charge in [0, 0.05) is 13.1 Å². The fraction of sp³-hybridized carbons (Fsp3) is 0.474. The molecule has 1 aliphatic rings. The Morgan fingerprint density at radius 1 is 1.12 bits per heavy atom. The molecule has 3 rings (SSSR count). The van der Waals surface area contributed by atoms with Gasteiger partial charge in [0.2, 0.25) is 5.88 Å². The highest BCUT2D eigenvalue weighted by Crippen LogP contribution is 2.37. The normalized spacial score (nSPS) is 15.3. The summed E-state index contributed by atoms with van der Waals surface area (Å²) < 4.78 is 11.4. The molecule has 0 spiro atoms. The summed E-state index contributed by atoms with van der Waals surface area (Å²) in [7, 11) is 1.62. The minimum Gasteiger partial charge on any atom is -0.493 e. The molecule has 25 heavy (non-hydrogen) atoms. The molecule has 1 aromatic carbocycles. The van der Waals surface area contributed by atoms with Gasteiger partial charge < -0.3 is 20.1 Å². The van der Waals surface area contributed by atoms with E-state index in [-0.39, 0.29) is 0 Å². The summed E-state index contributed by atoms with van der Waals surface area (Å²) in [4.78, 5) is 11.2. The van der Waals surface area contributed by atoms with Gasteiger partial charge in [-0.05, 0) is 50.3 Å². The quantitative estimate of drug-likeness (QED) is 0.913. The lowest BCUT2D eigenvalue weighted by Crippen LogP contribution is -2.34. The highest BCUT2D eigenvalue weighted by molar-refractivity contribution is 5.69. The van der Waals surface area contributed by atoms with Crippen molar-refractivity contribution in [1.82, 2.24) is 9.97 Å². The SMILES string of the molecule is COc1cc(C)ccc1Oc1nc(C)nc(N2CCC(C)CC2)c1N. The lowest BCUT2D eigenvalue weighted by Gasteiger charge is -2.32. The summed E-state index contributed by atoms with van der Waals surface area (Å²) in [5, 5.41) is 0. The molecule has 1 saturated heterocycles. The first-order chi connectivity index (χ1) is 12.0. The Balaban J connectivity index is 1.92. The van der Waals surface area contributed by atoms with Crippen LogP contribution in [-0.4, -0.2) is 30.2 Å². The van der Waals surface area contributed by atoms with Crippen LogP contribution in [0.4, 0.5) is 11.5 Å². The van der Waals surface area contributed by atoms with E-state index in [0.717, 1.165) is 43.2 Å². The maximum absolute atomic E-state index is 6.35. The second-order valence-electron chi connectivity index (χ2n) is 6.74. The van der Waals surface area contributed by atoms with Crippen molar-refractivity contribution in [3.8, 4) is 17.4 Å².